The molecule has 0 bridgehead atoms. The number of hydrogen-bond donors (Lipinski definition) is 3. The fourth-order valence-electron chi connectivity index (χ4n) is 11.9. The smallest absolute Gasteiger partial charge is 0.305 e. The van der Waals surface area contributed by atoms with Crippen LogP contribution in [0.3, 0.4) is 0 Å². The van der Waals surface area contributed by atoms with Gasteiger partial charge in [-0.1, -0.05) is 373 Å². The fraction of sp³-hybridized carbons (Fsp3) is 0.946. The molecule has 0 aliphatic heterocycles. The Labute approximate surface area is 501 Å². The van der Waals surface area contributed by atoms with E-state index in [9.17, 15) is 19.8 Å². The second-order valence-corrected chi connectivity index (χ2v) is 25.6. The van der Waals surface area contributed by atoms with E-state index in [1.54, 1.807) is 0 Å². The summed E-state index contributed by atoms with van der Waals surface area (Å²) in [5.41, 5.74) is 0. The lowest BCUT2D eigenvalue weighted by atomic mass is 10.0. The molecule has 2 unspecified atom stereocenters. The lowest BCUT2D eigenvalue weighted by Gasteiger charge is -2.22. The van der Waals surface area contributed by atoms with Crippen LogP contribution in [0.2, 0.25) is 0 Å². The number of aliphatic hydroxyl groups is 2. The van der Waals surface area contributed by atoms with Gasteiger partial charge in [-0.05, 0) is 51.4 Å². The maximum Gasteiger partial charge on any atom is 0.305 e. The summed E-state index contributed by atoms with van der Waals surface area (Å²) in [6.45, 7) is 4.99. The molecule has 80 heavy (non-hydrogen) atoms. The Bertz CT molecular complexity index is 1210. The summed E-state index contributed by atoms with van der Waals surface area (Å²) in [4.78, 5) is 24.6. The lowest BCUT2D eigenvalue weighted by molar-refractivity contribution is -0.143. The van der Waals surface area contributed by atoms with E-state index in [0.29, 0.717) is 25.9 Å². The molecule has 0 aromatic carbocycles. The highest BCUT2D eigenvalue weighted by atomic mass is 16.5. The van der Waals surface area contributed by atoms with Gasteiger partial charge in [-0.3, -0.25) is 9.59 Å². The Balaban J connectivity index is 3.31. The Hall–Kier alpha value is -1.40. The molecule has 0 aliphatic carbocycles. The van der Waals surface area contributed by atoms with E-state index in [-0.39, 0.29) is 18.5 Å². The van der Waals surface area contributed by atoms with Crippen molar-refractivity contribution in [1.29, 1.82) is 0 Å². The molecule has 0 saturated carbocycles. The number of esters is 1. The van der Waals surface area contributed by atoms with Crippen LogP contribution in [0, 0.1) is 0 Å². The molecule has 6 nitrogen and oxygen atoms in total. The topological polar surface area (TPSA) is 95.9 Å². The van der Waals surface area contributed by atoms with Crippen molar-refractivity contribution in [3.8, 4) is 0 Å². The van der Waals surface area contributed by atoms with Gasteiger partial charge < -0.3 is 20.3 Å². The highest BCUT2D eigenvalue weighted by Crippen LogP contribution is 2.19. The summed E-state index contributed by atoms with van der Waals surface area (Å²) in [5.74, 6) is -0.00627. The van der Waals surface area contributed by atoms with Crippen LogP contribution in [0.15, 0.2) is 12.2 Å². The standard InChI is InChI=1S/C74H145NO5/c1-3-5-7-9-11-13-15-17-18-19-34-38-41-44-48-52-56-60-64-68-74(79)80-69-65-61-57-53-49-45-42-39-36-33-31-29-27-25-23-21-20-22-24-26-28-30-32-35-37-40-43-47-51-55-59-63-67-73(78)75-71(70-76)72(77)66-62-58-54-50-46-16-14-12-10-8-6-4-2/h23,25,71-72,76-77H,3-22,24,26-70H2,1-2H3,(H,75,78)/b25-23-. The highest BCUT2D eigenvalue weighted by molar-refractivity contribution is 5.76. The van der Waals surface area contributed by atoms with Crippen molar-refractivity contribution < 1.29 is 24.5 Å². The quantitative estimate of drug-likeness (QED) is 0.0320. The largest absolute Gasteiger partial charge is 0.466 e. The highest BCUT2D eigenvalue weighted by Gasteiger charge is 2.20. The number of ether oxygens (including phenoxy) is 1. The Kier molecular flexibility index (Phi) is 68.9. The third-order valence-corrected chi connectivity index (χ3v) is 17.6. The number of hydrogen-bond acceptors (Lipinski definition) is 5. The summed E-state index contributed by atoms with van der Waals surface area (Å²) < 4.78 is 5.52. The lowest BCUT2D eigenvalue weighted by Crippen LogP contribution is -2.45. The normalized spacial score (nSPS) is 12.5. The minimum atomic E-state index is -0.661. The minimum absolute atomic E-state index is 0.0240. The molecule has 1 amide bonds. The first kappa shape index (κ1) is 78.6. The van der Waals surface area contributed by atoms with E-state index in [0.717, 1.165) is 38.5 Å². The van der Waals surface area contributed by atoms with Crippen molar-refractivity contribution in [2.45, 2.75) is 437 Å². The number of unbranched alkanes of at least 4 members (excludes halogenated alkanes) is 57. The predicted molar refractivity (Wildman–Crippen MR) is 352 cm³/mol. The van der Waals surface area contributed by atoms with Gasteiger partial charge in [0.15, 0.2) is 0 Å². The Morgan fingerprint density at radius 3 is 0.887 bits per heavy atom. The van der Waals surface area contributed by atoms with E-state index in [4.69, 9.17) is 4.74 Å². The van der Waals surface area contributed by atoms with Gasteiger partial charge in [-0.2, -0.15) is 0 Å². The van der Waals surface area contributed by atoms with Crippen LogP contribution in [-0.4, -0.2) is 47.4 Å². The van der Waals surface area contributed by atoms with E-state index in [2.05, 4.69) is 31.3 Å². The SMILES string of the molecule is CCCCCCCCCCCCCCCCCCCCCC(=O)OCCCCCCCCCCCCCC/C=C\CCCCCCCCCCCCCCCCCCC(=O)NC(CO)C(O)CCCCCCCCCCCCCC. The number of nitrogens with one attached hydrogen (secondary N) is 1. The molecule has 0 heterocycles. The molecule has 0 saturated heterocycles. The van der Waals surface area contributed by atoms with Gasteiger partial charge in [0, 0.05) is 12.8 Å². The van der Waals surface area contributed by atoms with Gasteiger partial charge in [-0.15, -0.1) is 0 Å². The molecular formula is C74H145NO5. The van der Waals surface area contributed by atoms with Crippen LogP contribution in [0.1, 0.15) is 425 Å². The van der Waals surface area contributed by atoms with Crippen molar-refractivity contribution in [3.63, 3.8) is 0 Å². The second-order valence-electron chi connectivity index (χ2n) is 25.6. The second kappa shape index (κ2) is 70.1. The Morgan fingerprint density at radius 1 is 0.338 bits per heavy atom. The van der Waals surface area contributed by atoms with Gasteiger partial charge in [0.05, 0.1) is 25.4 Å². The average molecular weight is 1130 g/mol. The fourth-order valence-corrected chi connectivity index (χ4v) is 11.9. The first-order valence-corrected chi connectivity index (χ1v) is 36.9. The minimum Gasteiger partial charge on any atom is -0.466 e. The summed E-state index contributed by atoms with van der Waals surface area (Å²) in [5, 5.41) is 23.3. The van der Waals surface area contributed by atoms with E-state index in [1.165, 1.54) is 353 Å². The number of carbonyl (C=O) groups is 2. The molecule has 0 aromatic rings. The van der Waals surface area contributed by atoms with Gasteiger partial charge >= 0.3 is 5.97 Å². The van der Waals surface area contributed by atoms with Crippen molar-refractivity contribution in [2.24, 2.45) is 0 Å². The number of allylic oxidation sites excluding steroid dienone is 2. The summed E-state index contributed by atoms with van der Waals surface area (Å²) in [6.07, 6.45) is 87.2. The molecule has 0 spiro atoms. The van der Waals surface area contributed by atoms with Gasteiger partial charge in [-0.25, -0.2) is 0 Å². The molecule has 2 atom stereocenters. The zero-order chi connectivity index (χ0) is 57.8. The van der Waals surface area contributed by atoms with E-state index >= 15 is 0 Å². The maximum absolute atomic E-state index is 12.5. The average Bonchev–Trinajstić information content (AvgIpc) is 3.46. The van der Waals surface area contributed by atoms with E-state index < -0.39 is 12.1 Å². The maximum atomic E-state index is 12.5. The summed E-state index contributed by atoms with van der Waals surface area (Å²) in [7, 11) is 0. The number of amides is 1. The number of carbonyl (C=O) groups excluding carboxylic acids is 2. The summed E-state index contributed by atoms with van der Waals surface area (Å²) in [6, 6.07) is -0.538. The van der Waals surface area contributed by atoms with Gasteiger partial charge in [0.2, 0.25) is 5.91 Å². The molecule has 0 radical (unpaired) electrons. The molecule has 0 rings (SSSR count). The predicted octanol–water partition coefficient (Wildman–Crippen LogP) is 23.9. The molecule has 3 N–H and O–H groups in total. The van der Waals surface area contributed by atoms with Crippen molar-refractivity contribution in [1.82, 2.24) is 5.32 Å². The van der Waals surface area contributed by atoms with Crippen LogP contribution < -0.4 is 5.32 Å². The first-order valence-electron chi connectivity index (χ1n) is 36.9. The van der Waals surface area contributed by atoms with Gasteiger partial charge in [0.1, 0.15) is 0 Å². The summed E-state index contributed by atoms with van der Waals surface area (Å²) >= 11 is 0. The van der Waals surface area contributed by atoms with Crippen molar-refractivity contribution in [2.75, 3.05) is 13.2 Å². The monoisotopic (exact) mass is 1130 g/mol. The molecule has 0 aliphatic rings. The molecular weight excluding hydrogens is 983 g/mol. The molecule has 0 fully saturated rings. The van der Waals surface area contributed by atoms with Crippen molar-refractivity contribution >= 4 is 11.9 Å². The van der Waals surface area contributed by atoms with Crippen LogP contribution in [0.25, 0.3) is 0 Å². The van der Waals surface area contributed by atoms with Crippen molar-refractivity contribution in [3.05, 3.63) is 12.2 Å². The zero-order valence-corrected chi connectivity index (χ0v) is 54.6. The third-order valence-electron chi connectivity index (χ3n) is 17.6. The van der Waals surface area contributed by atoms with Crippen LogP contribution in [0.5, 0.6) is 0 Å². The zero-order valence-electron chi connectivity index (χ0n) is 54.6. The van der Waals surface area contributed by atoms with Crippen LogP contribution in [0.4, 0.5) is 0 Å². The number of rotatable bonds is 70. The third kappa shape index (κ3) is 65.7. The van der Waals surface area contributed by atoms with Crippen LogP contribution >= 0.6 is 0 Å². The molecule has 0 aromatic heterocycles. The molecule has 476 valence electrons. The number of aliphatic hydroxyl groups excluding tert-OH is 2. The molecule has 6 heteroatoms. The van der Waals surface area contributed by atoms with Gasteiger partial charge in [0.25, 0.3) is 0 Å². The van der Waals surface area contributed by atoms with E-state index in [1.807, 2.05) is 0 Å². The first-order chi connectivity index (χ1) is 39.5. The van der Waals surface area contributed by atoms with Crippen LogP contribution in [-0.2, 0) is 14.3 Å². The Morgan fingerprint density at radius 2 is 0.588 bits per heavy atom.